The molecule has 0 saturated heterocycles. The number of hydrogen-bond donors (Lipinski definition) is 2. The van der Waals surface area contributed by atoms with Crippen LogP contribution in [0.3, 0.4) is 0 Å². The lowest BCUT2D eigenvalue weighted by Gasteiger charge is -2.25. The number of benzene rings is 1. The van der Waals surface area contributed by atoms with E-state index in [1.54, 1.807) is 0 Å². The zero-order valence-corrected chi connectivity index (χ0v) is 16.0. The Morgan fingerprint density at radius 3 is 2.28 bits per heavy atom. The third kappa shape index (κ3) is 7.82. The van der Waals surface area contributed by atoms with Crippen LogP contribution in [0.5, 0.6) is 0 Å². The first kappa shape index (κ1) is 21.4. The third-order valence-electron chi connectivity index (χ3n) is 4.74. The summed E-state index contributed by atoms with van der Waals surface area (Å²) in [6.07, 6.45) is 7.34. The molecule has 1 fully saturated rings. The third-order valence-corrected chi connectivity index (χ3v) is 4.74. The maximum atomic E-state index is 12.3. The molecule has 1 amide bonds. The molecule has 1 aromatic carbocycles. The number of carbonyl (C=O) groups excluding carboxylic acids is 2. The van der Waals surface area contributed by atoms with Crippen LogP contribution in [-0.4, -0.2) is 23.8 Å². The van der Waals surface area contributed by atoms with Gasteiger partial charge in [0, 0.05) is 0 Å². The van der Waals surface area contributed by atoms with Crippen LogP contribution in [-0.2, 0) is 16.0 Å². The summed E-state index contributed by atoms with van der Waals surface area (Å²) in [7, 11) is 0. The molecular formula is C21H34N2O2. The molecule has 140 valence electrons. The van der Waals surface area contributed by atoms with Gasteiger partial charge in [0.05, 0.1) is 12.1 Å². The van der Waals surface area contributed by atoms with Gasteiger partial charge in [0.15, 0.2) is 5.78 Å². The van der Waals surface area contributed by atoms with Crippen molar-refractivity contribution in [2.75, 3.05) is 0 Å². The predicted octanol–water partition coefficient (Wildman–Crippen LogP) is 3.63. The summed E-state index contributed by atoms with van der Waals surface area (Å²) >= 11 is 0. The molecule has 1 saturated carbocycles. The van der Waals surface area contributed by atoms with Crippen molar-refractivity contribution in [3.05, 3.63) is 35.9 Å². The molecule has 0 aromatic heterocycles. The fourth-order valence-corrected chi connectivity index (χ4v) is 3.31. The van der Waals surface area contributed by atoms with E-state index in [0.29, 0.717) is 12.3 Å². The van der Waals surface area contributed by atoms with Gasteiger partial charge in [-0.1, -0.05) is 76.3 Å². The minimum atomic E-state index is -0.518. The highest BCUT2D eigenvalue weighted by Crippen LogP contribution is 2.27. The Bertz CT molecular complexity index is 510. The number of Topliss-reactive ketones (excluding diaryl/α,β-unsaturated/α-hetero) is 1. The zero-order chi connectivity index (χ0) is 18.7. The van der Waals surface area contributed by atoms with Gasteiger partial charge in [0.25, 0.3) is 0 Å². The van der Waals surface area contributed by atoms with Crippen LogP contribution in [0, 0.1) is 5.92 Å². The molecule has 25 heavy (non-hydrogen) atoms. The van der Waals surface area contributed by atoms with Crippen LogP contribution in [0.25, 0.3) is 0 Å². The summed E-state index contributed by atoms with van der Waals surface area (Å²) in [5.74, 6) is 0.313. The fourth-order valence-electron chi connectivity index (χ4n) is 3.31. The van der Waals surface area contributed by atoms with Crippen LogP contribution in [0.2, 0.25) is 0 Å². The number of nitrogens with one attached hydrogen (secondary N) is 1. The highest BCUT2D eigenvalue weighted by atomic mass is 16.2. The first-order chi connectivity index (χ1) is 12.1. The summed E-state index contributed by atoms with van der Waals surface area (Å²) in [5, 5.41) is 2.84. The molecule has 1 aliphatic carbocycles. The van der Waals surface area contributed by atoms with Crippen LogP contribution >= 0.6 is 0 Å². The van der Waals surface area contributed by atoms with E-state index in [1.807, 2.05) is 44.2 Å². The van der Waals surface area contributed by atoms with Crippen molar-refractivity contribution in [2.24, 2.45) is 11.7 Å². The second kappa shape index (κ2) is 11.8. The van der Waals surface area contributed by atoms with E-state index in [0.717, 1.165) is 12.0 Å². The standard InChI is InChI=1S/C19H28N2O2.C2H6/c1-14(22)18(13-16-10-6-3-7-11-16)21-19(23)17(20)12-15-8-4-2-5-9-15;1-2/h3,6-7,10-11,15,17-18H,2,4-5,8-9,12-13,20H2,1H3,(H,21,23);1-2H3. The van der Waals surface area contributed by atoms with Crippen LogP contribution in [0.4, 0.5) is 0 Å². The Labute approximate surface area is 152 Å². The summed E-state index contributed by atoms with van der Waals surface area (Å²) in [6, 6.07) is 8.71. The SMILES string of the molecule is CC.CC(=O)C(Cc1ccccc1)NC(=O)C(N)CC1CCCCC1. The fraction of sp³-hybridized carbons (Fsp3) is 0.619. The molecule has 2 atom stereocenters. The van der Waals surface area contributed by atoms with Crippen molar-refractivity contribution >= 4 is 11.7 Å². The number of rotatable bonds is 7. The lowest BCUT2D eigenvalue weighted by molar-refractivity contribution is -0.128. The number of hydrogen-bond acceptors (Lipinski definition) is 3. The quantitative estimate of drug-likeness (QED) is 0.792. The first-order valence-electron chi connectivity index (χ1n) is 9.66. The van der Waals surface area contributed by atoms with E-state index in [-0.39, 0.29) is 11.7 Å². The minimum absolute atomic E-state index is 0.0351. The monoisotopic (exact) mass is 346 g/mol. The van der Waals surface area contributed by atoms with Gasteiger partial charge >= 0.3 is 0 Å². The number of nitrogens with two attached hydrogens (primary N) is 1. The molecule has 0 aliphatic heterocycles. The topological polar surface area (TPSA) is 72.2 Å². The Hall–Kier alpha value is -1.68. The first-order valence-corrected chi connectivity index (χ1v) is 9.66. The van der Waals surface area contributed by atoms with E-state index < -0.39 is 12.1 Å². The molecule has 4 heteroatoms. The Morgan fingerprint density at radius 1 is 1.12 bits per heavy atom. The van der Waals surface area contributed by atoms with E-state index in [2.05, 4.69) is 5.32 Å². The average Bonchev–Trinajstić information content (AvgIpc) is 2.64. The summed E-state index contributed by atoms with van der Waals surface area (Å²) in [4.78, 5) is 24.2. The van der Waals surface area contributed by atoms with Crippen LogP contribution < -0.4 is 11.1 Å². The van der Waals surface area contributed by atoms with Crippen molar-refractivity contribution in [1.82, 2.24) is 5.32 Å². The van der Waals surface area contributed by atoms with Gasteiger partial charge in [-0.2, -0.15) is 0 Å². The average molecular weight is 347 g/mol. The Morgan fingerprint density at radius 2 is 1.72 bits per heavy atom. The molecule has 0 bridgehead atoms. The van der Waals surface area contributed by atoms with E-state index in [9.17, 15) is 9.59 Å². The van der Waals surface area contributed by atoms with Crippen molar-refractivity contribution in [2.45, 2.75) is 77.8 Å². The normalized spacial score (nSPS) is 17.0. The van der Waals surface area contributed by atoms with Gasteiger partial charge in [0.2, 0.25) is 5.91 Å². The van der Waals surface area contributed by atoms with E-state index in [4.69, 9.17) is 5.73 Å². The summed E-state index contributed by atoms with van der Waals surface area (Å²) in [5.41, 5.74) is 7.10. The zero-order valence-electron chi connectivity index (χ0n) is 16.0. The lowest BCUT2D eigenvalue weighted by Crippen LogP contribution is -2.49. The van der Waals surface area contributed by atoms with E-state index >= 15 is 0 Å². The molecule has 2 rings (SSSR count). The number of carbonyl (C=O) groups is 2. The van der Waals surface area contributed by atoms with Gasteiger partial charge in [0.1, 0.15) is 0 Å². The maximum Gasteiger partial charge on any atom is 0.237 e. The summed E-state index contributed by atoms with van der Waals surface area (Å²) < 4.78 is 0. The largest absolute Gasteiger partial charge is 0.345 e. The second-order valence-electron chi connectivity index (χ2n) is 6.71. The van der Waals surface area contributed by atoms with Gasteiger partial charge in [-0.05, 0) is 31.2 Å². The minimum Gasteiger partial charge on any atom is -0.345 e. The van der Waals surface area contributed by atoms with Crippen molar-refractivity contribution in [1.29, 1.82) is 0 Å². The Balaban J connectivity index is 0.00000151. The van der Waals surface area contributed by atoms with Crippen LogP contribution in [0.15, 0.2) is 30.3 Å². The molecule has 2 unspecified atom stereocenters. The maximum absolute atomic E-state index is 12.3. The molecular weight excluding hydrogens is 312 g/mol. The van der Waals surface area contributed by atoms with Crippen molar-refractivity contribution in [3.63, 3.8) is 0 Å². The molecule has 1 aliphatic rings. The summed E-state index contributed by atoms with van der Waals surface area (Å²) in [6.45, 7) is 5.51. The highest BCUT2D eigenvalue weighted by Gasteiger charge is 2.24. The van der Waals surface area contributed by atoms with Gasteiger partial charge in [-0.15, -0.1) is 0 Å². The predicted molar refractivity (Wildman–Crippen MR) is 103 cm³/mol. The molecule has 3 N–H and O–H groups in total. The van der Waals surface area contributed by atoms with E-state index in [1.165, 1.54) is 39.0 Å². The second-order valence-corrected chi connectivity index (χ2v) is 6.71. The molecule has 1 aromatic rings. The van der Waals surface area contributed by atoms with Gasteiger partial charge in [-0.25, -0.2) is 0 Å². The molecule has 0 radical (unpaired) electrons. The van der Waals surface area contributed by atoms with Crippen molar-refractivity contribution < 1.29 is 9.59 Å². The highest BCUT2D eigenvalue weighted by molar-refractivity contribution is 5.89. The van der Waals surface area contributed by atoms with Crippen molar-refractivity contribution in [3.8, 4) is 0 Å². The number of amides is 1. The van der Waals surface area contributed by atoms with Gasteiger partial charge < -0.3 is 11.1 Å². The molecule has 0 spiro atoms. The van der Waals surface area contributed by atoms with Crippen LogP contribution in [0.1, 0.15) is 64.9 Å². The molecule has 4 nitrogen and oxygen atoms in total. The van der Waals surface area contributed by atoms with Gasteiger partial charge in [-0.3, -0.25) is 9.59 Å². The lowest BCUT2D eigenvalue weighted by atomic mass is 9.85. The Kier molecular flexibility index (Phi) is 10.1. The smallest absolute Gasteiger partial charge is 0.237 e. The number of ketones is 1. The molecule has 0 heterocycles.